The standard InChI is InChI=1S/C15H20Cl2N2S/c1-10-13-8-18-7-11(13)9-19(10)4-5-20-15-6-12(16)2-3-14(15)17/h2-3,6,10-11,13,18H,4-5,7-9H2,1H3. The quantitative estimate of drug-likeness (QED) is 0.849. The zero-order valence-corrected chi connectivity index (χ0v) is 13.9. The summed E-state index contributed by atoms with van der Waals surface area (Å²) in [5, 5.41) is 5.06. The zero-order chi connectivity index (χ0) is 14.1. The van der Waals surface area contributed by atoms with Gasteiger partial charge in [-0.15, -0.1) is 11.8 Å². The van der Waals surface area contributed by atoms with Crippen molar-refractivity contribution in [3.8, 4) is 0 Å². The van der Waals surface area contributed by atoms with E-state index in [1.807, 2.05) is 18.2 Å². The molecule has 2 saturated heterocycles. The van der Waals surface area contributed by atoms with Crippen LogP contribution in [-0.4, -0.2) is 42.9 Å². The van der Waals surface area contributed by atoms with Crippen LogP contribution in [0.2, 0.25) is 10.0 Å². The summed E-state index contributed by atoms with van der Waals surface area (Å²) in [7, 11) is 0. The van der Waals surface area contributed by atoms with E-state index in [-0.39, 0.29) is 0 Å². The fraction of sp³-hybridized carbons (Fsp3) is 0.600. The van der Waals surface area contributed by atoms with Crippen LogP contribution in [0.5, 0.6) is 0 Å². The van der Waals surface area contributed by atoms with Crippen LogP contribution in [0, 0.1) is 11.8 Å². The summed E-state index contributed by atoms with van der Waals surface area (Å²) < 4.78 is 0. The lowest BCUT2D eigenvalue weighted by atomic mass is 9.95. The van der Waals surface area contributed by atoms with Crippen LogP contribution in [0.1, 0.15) is 6.92 Å². The number of hydrogen-bond acceptors (Lipinski definition) is 3. The van der Waals surface area contributed by atoms with Crippen LogP contribution < -0.4 is 5.32 Å². The smallest absolute Gasteiger partial charge is 0.0542 e. The Morgan fingerprint density at radius 1 is 1.35 bits per heavy atom. The topological polar surface area (TPSA) is 15.3 Å². The van der Waals surface area contributed by atoms with Crippen molar-refractivity contribution in [3.05, 3.63) is 28.2 Å². The average molecular weight is 331 g/mol. The summed E-state index contributed by atoms with van der Waals surface area (Å²) in [6.45, 7) is 7.12. The summed E-state index contributed by atoms with van der Waals surface area (Å²) in [4.78, 5) is 3.72. The molecule has 20 heavy (non-hydrogen) atoms. The largest absolute Gasteiger partial charge is 0.316 e. The number of benzene rings is 1. The molecular weight excluding hydrogens is 311 g/mol. The van der Waals surface area contributed by atoms with E-state index in [2.05, 4.69) is 17.1 Å². The molecule has 0 radical (unpaired) electrons. The van der Waals surface area contributed by atoms with Gasteiger partial charge in [0, 0.05) is 34.8 Å². The van der Waals surface area contributed by atoms with Gasteiger partial charge in [-0.1, -0.05) is 23.2 Å². The highest BCUT2D eigenvalue weighted by molar-refractivity contribution is 7.99. The molecule has 3 atom stereocenters. The molecular formula is C15H20Cl2N2S. The lowest BCUT2D eigenvalue weighted by Crippen LogP contribution is -2.34. The van der Waals surface area contributed by atoms with E-state index in [9.17, 15) is 0 Å². The maximum atomic E-state index is 6.20. The number of likely N-dealkylation sites (tertiary alicyclic amines) is 1. The molecule has 2 aliphatic rings. The van der Waals surface area contributed by atoms with Gasteiger partial charge in [-0.2, -0.15) is 0 Å². The average Bonchev–Trinajstić information content (AvgIpc) is 2.98. The first-order valence-electron chi connectivity index (χ1n) is 7.18. The Hall–Kier alpha value is 0.0700. The molecule has 0 bridgehead atoms. The molecule has 1 aromatic carbocycles. The van der Waals surface area contributed by atoms with Gasteiger partial charge in [0.05, 0.1) is 5.02 Å². The third-order valence-electron chi connectivity index (χ3n) is 4.59. The molecule has 5 heteroatoms. The minimum atomic E-state index is 0.699. The van der Waals surface area contributed by atoms with E-state index in [0.717, 1.165) is 39.1 Å². The molecule has 110 valence electrons. The summed E-state index contributed by atoms with van der Waals surface area (Å²) in [6, 6.07) is 6.37. The molecule has 0 aromatic heterocycles. The molecule has 3 unspecified atom stereocenters. The first-order chi connectivity index (χ1) is 9.65. The predicted octanol–water partition coefficient (Wildman–Crippen LogP) is 3.63. The van der Waals surface area contributed by atoms with Crippen LogP contribution in [0.15, 0.2) is 23.1 Å². The van der Waals surface area contributed by atoms with Gasteiger partial charge in [-0.25, -0.2) is 0 Å². The number of nitrogens with zero attached hydrogens (tertiary/aromatic N) is 1. The lowest BCUT2D eigenvalue weighted by Gasteiger charge is -2.24. The molecule has 2 heterocycles. The van der Waals surface area contributed by atoms with Crippen LogP contribution in [0.4, 0.5) is 0 Å². The summed E-state index contributed by atoms with van der Waals surface area (Å²) in [5.74, 6) is 2.76. The second kappa shape index (κ2) is 6.45. The van der Waals surface area contributed by atoms with Crippen molar-refractivity contribution >= 4 is 35.0 Å². The molecule has 1 N–H and O–H groups in total. The Kier molecular flexibility index (Phi) is 4.83. The monoisotopic (exact) mass is 330 g/mol. The second-order valence-electron chi connectivity index (χ2n) is 5.74. The van der Waals surface area contributed by atoms with Crippen molar-refractivity contribution in [1.82, 2.24) is 10.2 Å². The van der Waals surface area contributed by atoms with Gasteiger partial charge in [0.15, 0.2) is 0 Å². The van der Waals surface area contributed by atoms with E-state index in [1.54, 1.807) is 11.8 Å². The van der Waals surface area contributed by atoms with Crippen LogP contribution >= 0.6 is 35.0 Å². The van der Waals surface area contributed by atoms with Crippen molar-refractivity contribution in [2.45, 2.75) is 17.9 Å². The van der Waals surface area contributed by atoms with Gasteiger partial charge in [0.1, 0.15) is 0 Å². The Bertz CT molecular complexity index is 483. The number of halogens is 2. The molecule has 0 spiro atoms. The van der Waals surface area contributed by atoms with Crippen molar-refractivity contribution in [2.75, 3.05) is 31.9 Å². The van der Waals surface area contributed by atoms with Crippen molar-refractivity contribution < 1.29 is 0 Å². The molecule has 0 amide bonds. The van der Waals surface area contributed by atoms with E-state index in [1.165, 1.54) is 19.6 Å². The minimum Gasteiger partial charge on any atom is -0.316 e. The fourth-order valence-corrected chi connectivity index (χ4v) is 4.89. The normalized spacial score (nSPS) is 29.9. The van der Waals surface area contributed by atoms with Gasteiger partial charge in [0.2, 0.25) is 0 Å². The predicted molar refractivity (Wildman–Crippen MR) is 88.1 cm³/mol. The summed E-state index contributed by atoms with van der Waals surface area (Å²) in [5.41, 5.74) is 0. The van der Waals surface area contributed by atoms with E-state index < -0.39 is 0 Å². The molecule has 0 saturated carbocycles. The lowest BCUT2D eigenvalue weighted by molar-refractivity contribution is 0.254. The molecule has 3 rings (SSSR count). The van der Waals surface area contributed by atoms with Crippen molar-refractivity contribution in [1.29, 1.82) is 0 Å². The Morgan fingerprint density at radius 3 is 3.00 bits per heavy atom. The molecule has 2 nitrogen and oxygen atoms in total. The molecule has 0 aliphatic carbocycles. The van der Waals surface area contributed by atoms with Gasteiger partial charge >= 0.3 is 0 Å². The van der Waals surface area contributed by atoms with Crippen molar-refractivity contribution in [3.63, 3.8) is 0 Å². The van der Waals surface area contributed by atoms with Crippen LogP contribution in [0.3, 0.4) is 0 Å². The van der Waals surface area contributed by atoms with E-state index in [4.69, 9.17) is 23.2 Å². The number of nitrogens with one attached hydrogen (secondary N) is 1. The molecule has 1 aromatic rings. The van der Waals surface area contributed by atoms with Gasteiger partial charge in [-0.05, 0) is 50.0 Å². The van der Waals surface area contributed by atoms with Gasteiger partial charge < -0.3 is 5.32 Å². The van der Waals surface area contributed by atoms with Crippen molar-refractivity contribution in [2.24, 2.45) is 11.8 Å². The van der Waals surface area contributed by atoms with Gasteiger partial charge in [-0.3, -0.25) is 4.90 Å². The second-order valence-corrected chi connectivity index (χ2v) is 7.72. The van der Waals surface area contributed by atoms with Crippen LogP contribution in [0.25, 0.3) is 0 Å². The highest BCUT2D eigenvalue weighted by atomic mass is 35.5. The molecule has 2 fully saturated rings. The number of rotatable bonds is 4. The van der Waals surface area contributed by atoms with E-state index in [0.29, 0.717) is 6.04 Å². The number of fused-ring (bicyclic) bond motifs is 1. The first kappa shape index (κ1) is 15.0. The first-order valence-corrected chi connectivity index (χ1v) is 8.92. The third kappa shape index (κ3) is 3.12. The summed E-state index contributed by atoms with van der Waals surface area (Å²) >= 11 is 14.0. The Balaban J connectivity index is 1.52. The maximum absolute atomic E-state index is 6.20. The third-order valence-corrected chi connectivity index (χ3v) is 6.30. The Morgan fingerprint density at radius 2 is 2.20 bits per heavy atom. The highest BCUT2D eigenvalue weighted by Crippen LogP contribution is 2.34. The number of hydrogen-bond donors (Lipinski definition) is 1. The minimum absolute atomic E-state index is 0.699. The van der Waals surface area contributed by atoms with E-state index >= 15 is 0 Å². The highest BCUT2D eigenvalue weighted by Gasteiger charge is 2.41. The van der Waals surface area contributed by atoms with Crippen LogP contribution in [-0.2, 0) is 0 Å². The SMILES string of the molecule is CC1C2CNCC2CN1CCSc1cc(Cl)ccc1Cl. The molecule has 2 aliphatic heterocycles. The fourth-order valence-electron chi connectivity index (χ4n) is 3.41. The zero-order valence-electron chi connectivity index (χ0n) is 11.6. The summed E-state index contributed by atoms with van der Waals surface area (Å²) in [6.07, 6.45) is 0. The Labute approximate surface area is 135 Å². The number of thioether (sulfide) groups is 1. The van der Waals surface area contributed by atoms with Gasteiger partial charge in [0.25, 0.3) is 0 Å². The maximum Gasteiger partial charge on any atom is 0.0542 e.